The third kappa shape index (κ3) is 2.98. The molecule has 33 heavy (non-hydrogen) atoms. The van der Waals surface area contributed by atoms with Gasteiger partial charge in [0.2, 0.25) is 0 Å². The fourth-order valence-corrected chi connectivity index (χ4v) is 6.01. The van der Waals surface area contributed by atoms with E-state index in [1.165, 1.54) is 61.6 Å². The van der Waals surface area contributed by atoms with Crippen LogP contribution in [0.15, 0.2) is 66.7 Å². The molecule has 2 heterocycles. The van der Waals surface area contributed by atoms with Crippen molar-refractivity contribution in [2.45, 2.75) is 66.2 Å². The van der Waals surface area contributed by atoms with E-state index in [-0.39, 0.29) is 10.8 Å². The van der Waals surface area contributed by atoms with E-state index in [1.807, 2.05) is 0 Å². The van der Waals surface area contributed by atoms with Gasteiger partial charge in [0.1, 0.15) is 0 Å². The molecule has 4 aromatic rings. The lowest BCUT2D eigenvalue weighted by Crippen LogP contribution is -2.46. The molecule has 0 radical (unpaired) electrons. The Hall–Kier alpha value is -3.06. The van der Waals surface area contributed by atoms with Crippen LogP contribution < -0.4 is 0 Å². The fraction of sp³-hybridized carbons (Fsp3) is 0.312. The summed E-state index contributed by atoms with van der Waals surface area (Å²) in [6.45, 7) is 18.7. The molecule has 1 aliphatic rings. The molecule has 0 N–H and O–H groups in total. The first-order valence-electron chi connectivity index (χ1n) is 12.1. The van der Waals surface area contributed by atoms with Gasteiger partial charge < -0.3 is 4.57 Å². The summed E-state index contributed by atoms with van der Waals surface area (Å²) in [5, 5.41) is 0. The molecular formula is C32H35N. The summed E-state index contributed by atoms with van der Waals surface area (Å²) in [6.07, 6.45) is 0. The van der Waals surface area contributed by atoms with Crippen LogP contribution in [-0.4, -0.2) is 4.57 Å². The van der Waals surface area contributed by atoms with E-state index in [9.17, 15) is 0 Å². The maximum atomic E-state index is 2.59. The Morgan fingerprint density at radius 3 is 1.88 bits per heavy atom. The lowest BCUT2D eigenvalue weighted by Gasteiger charge is -2.49. The number of aryl methyl sites for hydroxylation is 3. The zero-order chi connectivity index (χ0) is 23.7. The van der Waals surface area contributed by atoms with Crippen molar-refractivity contribution < 1.29 is 0 Å². The summed E-state index contributed by atoms with van der Waals surface area (Å²) in [6, 6.07) is 24.8. The molecule has 3 aromatic carbocycles. The normalized spacial score (nSPS) is 15.8. The van der Waals surface area contributed by atoms with Crippen molar-refractivity contribution in [2.24, 2.45) is 0 Å². The highest BCUT2D eigenvalue weighted by Crippen LogP contribution is 2.56. The zero-order valence-electron chi connectivity index (χ0n) is 21.3. The molecule has 0 saturated heterocycles. The van der Waals surface area contributed by atoms with Gasteiger partial charge in [-0.15, -0.1) is 0 Å². The van der Waals surface area contributed by atoms with Gasteiger partial charge in [0.25, 0.3) is 0 Å². The number of para-hydroxylation sites is 1. The SMILES string of the molecule is Cc1cc(C)cc(-c2c(-c3ccccc3)c3n(c2C)-c2c(C)cccc2C(C)(C)C3(C)C)c1. The van der Waals surface area contributed by atoms with Crippen molar-refractivity contribution in [3.63, 3.8) is 0 Å². The second kappa shape index (κ2) is 7.22. The number of hydrogen-bond donors (Lipinski definition) is 0. The maximum Gasteiger partial charge on any atom is 0.0522 e. The average Bonchev–Trinajstić information content (AvgIpc) is 3.06. The monoisotopic (exact) mass is 433 g/mol. The zero-order valence-corrected chi connectivity index (χ0v) is 21.3. The first-order chi connectivity index (χ1) is 15.6. The van der Waals surface area contributed by atoms with E-state index in [1.54, 1.807) is 0 Å². The van der Waals surface area contributed by atoms with Gasteiger partial charge >= 0.3 is 0 Å². The number of nitrogens with zero attached hydrogens (tertiary/aromatic N) is 1. The highest BCUT2D eigenvalue weighted by Gasteiger charge is 2.49. The minimum absolute atomic E-state index is 0.0154. The highest BCUT2D eigenvalue weighted by atomic mass is 15.0. The van der Waals surface area contributed by atoms with Crippen LogP contribution in [0.4, 0.5) is 0 Å². The Bertz CT molecular complexity index is 1360. The van der Waals surface area contributed by atoms with Gasteiger partial charge in [-0.2, -0.15) is 0 Å². The van der Waals surface area contributed by atoms with Crippen molar-refractivity contribution in [1.82, 2.24) is 4.57 Å². The van der Waals surface area contributed by atoms with Crippen LogP contribution in [0, 0.1) is 27.7 Å². The number of rotatable bonds is 2. The molecule has 0 aliphatic carbocycles. The van der Waals surface area contributed by atoms with Crippen LogP contribution >= 0.6 is 0 Å². The Kier molecular flexibility index (Phi) is 4.76. The predicted molar refractivity (Wildman–Crippen MR) is 142 cm³/mol. The molecule has 1 heteroatoms. The second-order valence-electron chi connectivity index (χ2n) is 11.0. The maximum absolute atomic E-state index is 2.59. The van der Waals surface area contributed by atoms with Crippen molar-refractivity contribution in [3.05, 3.63) is 100 Å². The number of aromatic nitrogens is 1. The standard InChI is InChI=1S/C32H35N/c1-20-17-21(2)19-25(18-20)27-23(4)33-29-22(3)13-12-16-26(29)31(5,6)32(7,8)30(33)28(27)24-14-10-9-11-15-24/h9-19H,1-8H3. The lowest BCUT2D eigenvalue weighted by molar-refractivity contribution is 0.279. The Labute approximate surface area is 199 Å². The lowest BCUT2D eigenvalue weighted by atomic mass is 9.59. The van der Waals surface area contributed by atoms with Crippen LogP contribution in [0.1, 0.15) is 61.3 Å². The molecule has 1 aromatic heterocycles. The highest BCUT2D eigenvalue weighted by molar-refractivity contribution is 5.91. The van der Waals surface area contributed by atoms with E-state index in [4.69, 9.17) is 0 Å². The van der Waals surface area contributed by atoms with Gasteiger partial charge in [-0.05, 0) is 49.9 Å². The van der Waals surface area contributed by atoms with Gasteiger partial charge in [-0.1, -0.05) is 106 Å². The van der Waals surface area contributed by atoms with E-state index in [2.05, 4.69) is 127 Å². The van der Waals surface area contributed by atoms with Crippen LogP contribution in [-0.2, 0) is 10.8 Å². The smallest absolute Gasteiger partial charge is 0.0522 e. The van der Waals surface area contributed by atoms with Gasteiger partial charge in [-0.3, -0.25) is 0 Å². The Morgan fingerprint density at radius 1 is 0.606 bits per heavy atom. The molecule has 1 nitrogen and oxygen atoms in total. The van der Waals surface area contributed by atoms with Crippen molar-refractivity contribution in [2.75, 3.05) is 0 Å². The van der Waals surface area contributed by atoms with Crippen molar-refractivity contribution >= 4 is 0 Å². The molecule has 168 valence electrons. The van der Waals surface area contributed by atoms with E-state index >= 15 is 0 Å². The number of fused-ring (bicyclic) bond motifs is 3. The van der Waals surface area contributed by atoms with Crippen molar-refractivity contribution in [1.29, 1.82) is 0 Å². The van der Waals surface area contributed by atoms with Gasteiger partial charge in [0.05, 0.1) is 5.69 Å². The Morgan fingerprint density at radius 2 is 1.24 bits per heavy atom. The van der Waals surface area contributed by atoms with E-state index in [0.29, 0.717) is 0 Å². The first-order valence-corrected chi connectivity index (χ1v) is 12.1. The van der Waals surface area contributed by atoms with Crippen LogP contribution in [0.2, 0.25) is 0 Å². The fourth-order valence-electron chi connectivity index (χ4n) is 6.01. The summed E-state index contributed by atoms with van der Waals surface area (Å²) >= 11 is 0. The quantitative estimate of drug-likeness (QED) is 0.298. The third-order valence-corrected chi connectivity index (χ3v) is 8.27. The Balaban J connectivity index is 2.02. The molecule has 0 bridgehead atoms. The molecular weight excluding hydrogens is 398 g/mol. The molecule has 0 unspecified atom stereocenters. The largest absolute Gasteiger partial charge is 0.316 e. The van der Waals surface area contributed by atoms with E-state index < -0.39 is 0 Å². The van der Waals surface area contributed by atoms with Crippen LogP contribution in [0.3, 0.4) is 0 Å². The average molecular weight is 434 g/mol. The molecule has 0 saturated carbocycles. The molecule has 0 spiro atoms. The van der Waals surface area contributed by atoms with Crippen LogP contribution in [0.5, 0.6) is 0 Å². The summed E-state index contributed by atoms with van der Waals surface area (Å²) in [7, 11) is 0. The number of hydrogen-bond acceptors (Lipinski definition) is 0. The molecule has 0 amide bonds. The molecule has 5 rings (SSSR count). The minimum atomic E-state index is -0.0686. The molecule has 0 atom stereocenters. The van der Waals surface area contributed by atoms with Gasteiger partial charge in [0.15, 0.2) is 0 Å². The first kappa shape index (κ1) is 21.8. The topological polar surface area (TPSA) is 4.93 Å². The number of benzene rings is 3. The summed E-state index contributed by atoms with van der Waals surface area (Å²) in [5.41, 5.74) is 14.8. The summed E-state index contributed by atoms with van der Waals surface area (Å²) in [4.78, 5) is 0. The predicted octanol–water partition coefficient (Wildman–Crippen LogP) is 8.61. The molecule has 0 fully saturated rings. The minimum Gasteiger partial charge on any atom is -0.316 e. The van der Waals surface area contributed by atoms with Gasteiger partial charge in [-0.25, -0.2) is 0 Å². The third-order valence-electron chi connectivity index (χ3n) is 8.27. The van der Waals surface area contributed by atoms with Crippen LogP contribution in [0.25, 0.3) is 27.9 Å². The van der Waals surface area contributed by atoms with Crippen molar-refractivity contribution in [3.8, 4) is 27.9 Å². The summed E-state index contributed by atoms with van der Waals surface area (Å²) < 4.78 is 2.59. The summed E-state index contributed by atoms with van der Waals surface area (Å²) in [5.74, 6) is 0. The molecule has 1 aliphatic heterocycles. The van der Waals surface area contributed by atoms with E-state index in [0.717, 1.165) is 0 Å². The second-order valence-corrected chi connectivity index (χ2v) is 11.0. The van der Waals surface area contributed by atoms with Gasteiger partial charge in [0, 0.05) is 33.3 Å².